The molecule has 1 aromatic rings. The van der Waals surface area contributed by atoms with Gasteiger partial charge in [0.2, 0.25) is 8.32 Å². The van der Waals surface area contributed by atoms with Crippen molar-refractivity contribution in [2.45, 2.75) is 31.5 Å². The Bertz CT molecular complexity index is 449. The van der Waals surface area contributed by atoms with Gasteiger partial charge >= 0.3 is 5.92 Å². The Labute approximate surface area is 114 Å². The Balaban J connectivity index is 3.03. The minimum atomic E-state index is -3.16. The first-order chi connectivity index (χ1) is 8.68. The van der Waals surface area contributed by atoms with Gasteiger partial charge in [-0.2, -0.15) is 8.78 Å². The van der Waals surface area contributed by atoms with E-state index in [1.54, 1.807) is 30.3 Å². The molecule has 1 unspecified atom stereocenters. The Morgan fingerprint density at radius 2 is 1.79 bits per heavy atom. The van der Waals surface area contributed by atoms with Crippen LogP contribution in [0.25, 0.3) is 0 Å². The number of rotatable bonds is 6. The molecule has 4 heteroatoms. The number of hydrogen-bond donors (Lipinski definition) is 0. The lowest BCUT2D eigenvalue weighted by molar-refractivity contribution is -0.00890. The van der Waals surface area contributed by atoms with Crippen molar-refractivity contribution < 1.29 is 13.2 Å². The van der Waals surface area contributed by atoms with E-state index in [-0.39, 0.29) is 0 Å². The number of alkyl halides is 2. The average Bonchev–Trinajstić information content (AvgIpc) is 2.28. The van der Waals surface area contributed by atoms with Crippen LogP contribution in [0.15, 0.2) is 55.3 Å². The maximum absolute atomic E-state index is 14.4. The fraction of sp³-hybridized carbons (Fsp3) is 0.333. The van der Waals surface area contributed by atoms with Gasteiger partial charge in [-0.15, -0.1) is 6.58 Å². The van der Waals surface area contributed by atoms with Crippen molar-refractivity contribution in [3.8, 4) is 0 Å². The van der Waals surface area contributed by atoms with Crippen LogP contribution >= 0.6 is 0 Å². The molecule has 0 heterocycles. The van der Waals surface area contributed by atoms with Gasteiger partial charge < -0.3 is 4.43 Å². The average molecular weight is 282 g/mol. The van der Waals surface area contributed by atoms with E-state index in [4.69, 9.17) is 4.43 Å². The molecule has 1 rings (SSSR count). The standard InChI is InChI=1S/C15H20F2OSi/c1-6-14(13-10-8-7-9-11-13)15(16,17)12(2)18-19(3,4)5/h6-11,14H,1-2H2,3-5H3. The SMILES string of the molecule is C=CC(c1ccccc1)C(F)(F)C(=C)O[Si](C)(C)C. The number of allylic oxidation sites excluding steroid dienone is 2. The van der Waals surface area contributed by atoms with Crippen LogP contribution in [-0.2, 0) is 4.43 Å². The third-order valence-corrected chi connectivity index (χ3v) is 3.44. The van der Waals surface area contributed by atoms with Gasteiger partial charge in [0.15, 0.2) is 0 Å². The summed E-state index contributed by atoms with van der Waals surface area (Å²) in [6.45, 7) is 12.5. The predicted octanol–water partition coefficient (Wildman–Crippen LogP) is 4.96. The molecule has 104 valence electrons. The fourth-order valence-electron chi connectivity index (χ4n) is 1.76. The highest BCUT2D eigenvalue weighted by atomic mass is 28.4. The van der Waals surface area contributed by atoms with Gasteiger partial charge in [0.05, 0.1) is 5.92 Å². The molecular formula is C15H20F2OSi. The topological polar surface area (TPSA) is 9.23 Å². The highest BCUT2D eigenvalue weighted by molar-refractivity contribution is 6.70. The monoisotopic (exact) mass is 282 g/mol. The second-order valence-electron chi connectivity index (χ2n) is 5.38. The van der Waals surface area contributed by atoms with Gasteiger partial charge in [-0.05, 0) is 25.2 Å². The van der Waals surface area contributed by atoms with Gasteiger partial charge in [0.25, 0.3) is 0 Å². The first kappa shape index (κ1) is 15.6. The predicted molar refractivity (Wildman–Crippen MR) is 77.9 cm³/mol. The third kappa shape index (κ3) is 4.03. The van der Waals surface area contributed by atoms with E-state index in [2.05, 4.69) is 13.2 Å². The minimum absolute atomic E-state index is 0.472. The van der Waals surface area contributed by atoms with E-state index in [0.717, 1.165) is 0 Å². The summed E-state index contributed by atoms with van der Waals surface area (Å²) in [6, 6.07) is 8.55. The maximum Gasteiger partial charge on any atom is 0.312 e. The number of benzene rings is 1. The number of halogens is 2. The molecule has 0 radical (unpaired) electrons. The van der Waals surface area contributed by atoms with Crippen LogP contribution in [-0.4, -0.2) is 14.2 Å². The van der Waals surface area contributed by atoms with Crippen molar-refractivity contribution >= 4 is 8.32 Å². The molecule has 0 fully saturated rings. The summed E-state index contributed by atoms with van der Waals surface area (Å²) in [5.74, 6) is -4.76. The van der Waals surface area contributed by atoms with Crippen LogP contribution in [0.1, 0.15) is 11.5 Å². The smallest absolute Gasteiger partial charge is 0.312 e. The Morgan fingerprint density at radius 3 is 2.21 bits per heavy atom. The number of hydrogen-bond acceptors (Lipinski definition) is 1. The van der Waals surface area contributed by atoms with Crippen molar-refractivity contribution in [1.82, 2.24) is 0 Å². The zero-order valence-corrected chi connectivity index (χ0v) is 12.6. The Hall–Kier alpha value is -1.42. The summed E-state index contributed by atoms with van der Waals surface area (Å²) in [6.07, 6.45) is 1.24. The van der Waals surface area contributed by atoms with Gasteiger partial charge in [0, 0.05) is 0 Å². The molecule has 0 bridgehead atoms. The molecule has 0 N–H and O–H groups in total. The van der Waals surface area contributed by atoms with Crippen molar-refractivity contribution in [1.29, 1.82) is 0 Å². The lowest BCUT2D eigenvalue weighted by Crippen LogP contribution is -2.35. The van der Waals surface area contributed by atoms with E-state index in [0.29, 0.717) is 5.56 Å². The summed E-state index contributed by atoms with van der Waals surface area (Å²) < 4.78 is 34.2. The fourth-order valence-corrected chi connectivity index (χ4v) is 2.64. The summed E-state index contributed by atoms with van der Waals surface area (Å²) in [4.78, 5) is 0. The third-order valence-electron chi connectivity index (χ3n) is 2.59. The zero-order chi connectivity index (χ0) is 14.7. The first-order valence-electron chi connectivity index (χ1n) is 6.12. The lowest BCUT2D eigenvalue weighted by atomic mass is 9.92. The quantitative estimate of drug-likeness (QED) is 0.407. The molecule has 0 spiro atoms. The van der Waals surface area contributed by atoms with Crippen molar-refractivity contribution in [2.75, 3.05) is 0 Å². The van der Waals surface area contributed by atoms with E-state index in [9.17, 15) is 8.78 Å². The van der Waals surface area contributed by atoms with E-state index < -0.39 is 25.9 Å². The Morgan fingerprint density at radius 1 is 1.26 bits per heavy atom. The summed E-state index contributed by atoms with van der Waals surface area (Å²) in [5.41, 5.74) is 0.503. The van der Waals surface area contributed by atoms with Crippen molar-refractivity contribution in [3.63, 3.8) is 0 Å². The molecule has 0 aliphatic carbocycles. The maximum atomic E-state index is 14.4. The largest absolute Gasteiger partial charge is 0.543 e. The molecular weight excluding hydrogens is 262 g/mol. The highest BCUT2D eigenvalue weighted by Crippen LogP contribution is 2.40. The second kappa shape index (κ2) is 5.69. The zero-order valence-electron chi connectivity index (χ0n) is 11.6. The van der Waals surface area contributed by atoms with Crippen LogP contribution in [0.2, 0.25) is 19.6 Å². The molecule has 0 saturated carbocycles. The lowest BCUT2D eigenvalue weighted by Gasteiger charge is -2.30. The molecule has 0 aromatic heterocycles. The van der Waals surface area contributed by atoms with Crippen LogP contribution in [0.4, 0.5) is 8.78 Å². The van der Waals surface area contributed by atoms with Crippen molar-refractivity contribution in [3.05, 3.63) is 60.9 Å². The highest BCUT2D eigenvalue weighted by Gasteiger charge is 2.44. The normalized spacial score (nSPS) is 13.7. The first-order valence-corrected chi connectivity index (χ1v) is 9.53. The van der Waals surface area contributed by atoms with E-state index >= 15 is 0 Å². The molecule has 0 aliphatic rings. The molecule has 0 aliphatic heterocycles. The summed E-state index contributed by atoms with van der Waals surface area (Å²) in [5, 5.41) is 0. The molecule has 1 aromatic carbocycles. The summed E-state index contributed by atoms with van der Waals surface area (Å²) >= 11 is 0. The molecule has 0 amide bonds. The van der Waals surface area contributed by atoms with Gasteiger partial charge in [-0.1, -0.05) is 43.0 Å². The Kier molecular flexibility index (Phi) is 4.69. The van der Waals surface area contributed by atoms with Crippen molar-refractivity contribution in [2.24, 2.45) is 0 Å². The minimum Gasteiger partial charge on any atom is -0.543 e. The molecule has 0 saturated heterocycles. The molecule has 1 atom stereocenters. The summed E-state index contributed by atoms with van der Waals surface area (Å²) in [7, 11) is -2.10. The van der Waals surface area contributed by atoms with Crippen LogP contribution in [0.5, 0.6) is 0 Å². The van der Waals surface area contributed by atoms with Gasteiger partial charge in [-0.25, -0.2) is 0 Å². The molecule has 1 nitrogen and oxygen atoms in total. The van der Waals surface area contributed by atoms with E-state index in [1.165, 1.54) is 6.08 Å². The van der Waals surface area contributed by atoms with E-state index in [1.807, 2.05) is 19.6 Å². The van der Waals surface area contributed by atoms with Gasteiger partial charge in [0.1, 0.15) is 5.76 Å². The van der Waals surface area contributed by atoms with Crippen LogP contribution < -0.4 is 0 Å². The molecule has 19 heavy (non-hydrogen) atoms. The second-order valence-corrected chi connectivity index (χ2v) is 9.81. The van der Waals surface area contributed by atoms with Gasteiger partial charge in [-0.3, -0.25) is 0 Å². The van der Waals surface area contributed by atoms with Crippen LogP contribution in [0.3, 0.4) is 0 Å². The van der Waals surface area contributed by atoms with Crippen LogP contribution in [0, 0.1) is 0 Å².